The quantitative estimate of drug-likeness (QED) is 0.496. The second-order valence-corrected chi connectivity index (χ2v) is 6.63. The molecule has 0 fully saturated rings. The highest BCUT2D eigenvalue weighted by Gasteiger charge is 1.97. The van der Waals surface area contributed by atoms with Crippen LogP contribution in [-0.2, 0) is 13.0 Å². The largest absolute Gasteiger partial charge is 0.312 e. The molecule has 0 saturated carbocycles. The summed E-state index contributed by atoms with van der Waals surface area (Å²) in [5.41, 5.74) is 0. The topological polar surface area (TPSA) is 12.0 Å². The summed E-state index contributed by atoms with van der Waals surface area (Å²) in [4.78, 5) is 2.99. The van der Waals surface area contributed by atoms with Gasteiger partial charge in [-0.2, -0.15) is 0 Å². The van der Waals surface area contributed by atoms with E-state index in [2.05, 4.69) is 31.3 Å². The molecule has 0 aliphatic heterocycles. The Bertz CT molecular complexity index is 306. The number of nitrogens with one attached hydrogen (secondary N) is 1. The Morgan fingerprint density at radius 3 is 2.11 bits per heavy atom. The summed E-state index contributed by atoms with van der Waals surface area (Å²) in [7, 11) is 0. The zero-order chi connectivity index (χ0) is 13.8. The van der Waals surface area contributed by atoms with Gasteiger partial charge < -0.3 is 5.32 Å². The first-order valence-corrected chi connectivity index (χ1v) is 8.96. The van der Waals surface area contributed by atoms with Crippen LogP contribution in [0.25, 0.3) is 0 Å². The van der Waals surface area contributed by atoms with Crippen LogP contribution in [0.3, 0.4) is 0 Å². The molecule has 0 saturated heterocycles. The highest BCUT2D eigenvalue weighted by molar-refractivity contribution is 7.11. The third-order valence-corrected chi connectivity index (χ3v) is 4.80. The van der Waals surface area contributed by atoms with Gasteiger partial charge in [-0.05, 0) is 31.5 Å². The standard InChI is InChI=1S/C17H31NS/c1-3-5-6-7-8-9-10-11-14-18-15-17-13-12-16(4-2)19-17/h12-13,18H,3-11,14-15H2,1-2H3. The van der Waals surface area contributed by atoms with Gasteiger partial charge >= 0.3 is 0 Å². The van der Waals surface area contributed by atoms with E-state index < -0.39 is 0 Å². The van der Waals surface area contributed by atoms with E-state index in [0.29, 0.717) is 0 Å². The van der Waals surface area contributed by atoms with Crippen molar-refractivity contribution in [2.24, 2.45) is 0 Å². The molecule has 0 unspecified atom stereocenters. The van der Waals surface area contributed by atoms with Crippen LogP contribution in [0.4, 0.5) is 0 Å². The molecule has 1 N–H and O–H groups in total. The number of aryl methyl sites for hydroxylation is 1. The van der Waals surface area contributed by atoms with E-state index in [1.807, 2.05) is 11.3 Å². The van der Waals surface area contributed by atoms with E-state index in [-0.39, 0.29) is 0 Å². The Hall–Kier alpha value is -0.340. The molecule has 0 aliphatic carbocycles. The average Bonchev–Trinajstić information content (AvgIpc) is 2.89. The second kappa shape index (κ2) is 11.5. The van der Waals surface area contributed by atoms with E-state index in [1.54, 1.807) is 0 Å². The summed E-state index contributed by atoms with van der Waals surface area (Å²) in [6.07, 6.45) is 12.4. The molecule has 1 nitrogen and oxygen atoms in total. The SMILES string of the molecule is CCCCCCCCCCNCc1ccc(CC)s1. The van der Waals surface area contributed by atoms with Crippen molar-refractivity contribution >= 4 is 11.3 Å². The van der Waals surface area contributed by atoms with Crippen molar-refractivity contribution in [2.75, 3.05) is 6.54 Å². The van der Waals surface area contributed by atoms with Gasteiger partial charge in [-0.3, -0.25) is 0 Å². The third kappa shape index (κ3) is 8.43. The van der Waals surface area contributed by atoms with Crippen LogP contribution in [0, 0.1) is 0 Å². The van der Waals surface area contributed by atoms with Crippen molar-refractivity contribution in [3.63, 3.8) is 0 Å². The maximum Gasteiger partial charge on any atom is 0.0299 e. The fraction of sp³-hybridized carbons (Fsp3) is 0.765. The molecule has 0 spiro atoms. The van der Waals surface area contributed by atoms with E-state index >= 15 is 0 Å². The molecule has 0 aromatic carbocycles. The molecular weight excluding hydrogens is 250 g/mol. The van der Waals surface area contributed by atoms with Gasteiger partial charge in [0.15, 0.2) is 0 Å². The normalized spacial score (nSPS) is 11.1. The number of hydrogen-bond acceptors (Lipinski definition) is 2. The Kier molecular flexibility index (Phi) is 10.1. The van der Waals surface area contributed by atoms with Crippen molar-refractivity contribution in [2.45, 2.75) is 78.2 Å². The highest BCUT2D eigenvalue weighted by atomic mass is 32.1. The first-order valence-electron chi connectivity index (χ1n) is 8.15. The van der Waals surface area contributed by atoms with Gasteiger partial charge in [-0.1, -0.05) is 58.8 Å². The van der Waals surface area contributed by atoms with Crippen molar-refractivity contribution in [1.29, 1.82) is 0 Å². The zero-order valence-electron chi connectivity index (χ0n) is 12.8. The predicted molar refractivity (Wildman–Crippen MR) is 88.0 cm³/mol. The lowest BCUT2D eigenvalue weighted by atomic mass is 10.1. The van der Waals surface area contributed by atoms with Crippen molar-refractivity contribution in [3.8, 4) is 0 Å². The molecule has 1 aromatic heterocycles. The van der Waals surface area contributed by atoms with E-state index in [4.69, 9.17) is 0 Å². The fourth-order valence-electron chi connectivity index (χ4n) is 2.30. The van der Waals surface area contributed by atoms with E-state index in [1.165, 1.54) is 74.1 Å². The fourth-order valence-corrected chi connectivity index (χ4v) is 3.23. The molecule has 1 rings (SSSR count). The Morgan fingerprint density at radius 2 is 1.47 bits per heavy atom. The van der Waals surface area contributed by atoms with E-state index in [0.717, 1.165) is 6.54 Å². The average molecular weight is 282 g/mol. The summed E-state index contributed by atoms with van der Waals surface area (Å²) < 4.78 is 0. The van der Waals surface area contributed by atoms with Gasteiger partial charge in [-0.25, -0.2) is 0 Å². The van der Waals surface area contributed by atoms with Crippen LogP contribution in [-0.4, -0.2) is 6.54 Å². The first-order chi connectivity index (χ1) is 9.36. The summed E-state index contributed by atoms with van der Waals surface area (Å²) >= 11 is 1.95. The van der Waals surface area contributed by atoms with Gasteiger partial charge in [0, 0.05) is 16.3 Å². The second-order valence-electron chi connectivity index (χ2n) is 5.37. The molecule has 19 heavy (non-hydrogen) atoms. The molecule has 0 bridgehead atoms. The maximum absolute atomic E-state index is 3.56. The summed E-state index contributed by atoms with van der Waals surface area (Å²) in [6.45, 7) is 6.74. The maximum atomic E-state index is 3.56. The molecule has 0 amide bonds. The molecule has 2 heteroatoms. The number of thiophene rings is 1. The molecule has 1 aromatic rings. The monoisotopic (exact) mass is 281 g/mol. The van der Waals surface area contributed by atoms with Crippen molar-refractivity contribution in [3.05, 3.63) is 21.9 Å². The lowest BCUT2D eigenvalue weighted by Crippen LogP contribution is -2.13. The van der Waals surface area contributed by atoms with Gasteiger partial charge in [0.25, 0.3) is 0 Å². The van der Waals surface area contributed by atoms with Crippen LogP contribution in [0.1, 0.15) is 75.0 Å². The number of unbranched alkanes of at least 4 members (excludes halogenated alkanes) is 7. The molecule has 0 radical (unpaired) electrons. The lowest BCUT2D eigenvalue weighted by Gasteiger charge is -2.03. The van der Waals surface area contributed by atoms with Crippen molar-refractivity contribution < 1.29 is 0 Å². The van der Waals surface area contributed by atoms with E-state index in [9.17, 15) is 0 Å². The summed E-state index contributed by atoms with van der Waals surface area (Å²) in [6, 6.07) is 4.53. The highest BCUT2D eigenvalue weighted by Crippen LogP contribution is 2.16. The van der Waals surface area contributed by atoms with Gasteiger partial charge in [0.2, 0.25) is 0 Å². The minimum absolute atomic E-state index is 1.06. The summed E-state index contributed by atoms with van der Waals surface area (Å²) in [5.74, 6) is 0. The van der Waals surface area contributed by atoms with Gasteiger partial charge in [0.1, 0.15) is 0 Å². The smallest absolute Gasteiger partial charge is 0.0299 e. The van der Waals surface area contributed by atoms with Crippen LogP contribution < -0.4 is 5.32 Å². The van der Waals surface area contributed by atoms with Crippen LogP contribution in [0.15, 0.2) is 12.1 Å². The Labute approximate surface area is 123 Å². The van der Waals surface area contributed by atoms with Crippen LogP contribution in [0.2, 0.25) is 0 Å². The van der Waals surface area contributed by atoms with Crippen molar-refractivity contribution in [1.82, 2.24) is 5.32 Å². The van der Waals surface area contributed by atoms with Crippen LogP contribution >= 0.6 is 11.3 Å². The summed E-state index contributed by atoms with van der Waals surface area (Å²) in [5, 5.41) is 3.56. The molecular formula is C17H31NS. The Balaban J connectivity index is 1.86. The number of rotatable bonds is 12. The van der Waals surface area contributed by atoms with Crippen LogP contribution in [0.5, 0.6) is 0 Å². The lowest BCUT2D eigenvalue weighted by molar-refractivity contribution is 0.556. The number of hydrogen-bond donors (Lipinski definition) is 1. The molecule has 1 heterocycles. The predicted octanol–water partition coefficient (Wildman–Crippen LogP) is 5.54. The van der Waals surface area contributed by atoms with Gasteiger partial charge in [0.05, 0.1) is 0 Å². The minimum Gasteiger partial charge on any atom is -0.312 e. The Morgan fingerprint density at radius 1 is 0.842 bits per heavy atom. The minimum atomic E-state index is 1.06. The molecule has 0 aliphatic rings. The zero-order valence-corrected chi connectivity index (χ0v) is 13.7. The van der Waals surface area contributed by atoms with Gasteiger partial charge in [-0.15, -0.1) is 11.3 Å². The first kappa shape index (κ1) is 16.7. The molecule has 0 atom stereocenters. The third-order valence-electron chi connectivity index (χ3n) is 3.57. The molecule has 110 valence electrons.